The summed E-state index contributed by atoms with van der Waals surface area (Å²) in [5.41, 5.74) is 1.12. The molecule has 0 radical (unpaired) electrons. The molecule has 0 aliphatic rings. The van der Waals surface area contributed by atoms with Crippen LogP contribution in [0.15, 0.2) is 42.6 Å². The molecule has 0 saturated carbocycles. The van der Waals surface area contributed by atoms with Crippen molar-refractivity contribution in [1.29, 1.82) is 0 Å². The Morgan fingerprint density at radius 3 is 2.58 bits per heavy atom. The van der Waals surface area contributed by atoms with Crippen molar-refractivity contribution in [3.05, 3.63) is 48.2 Å². The van der Waals surface area contributed by atoms with Gasteiger partial charge < -0.3 is 19.7 Å². The Bertz CT molecular complexity index is 601. The highest BCUT2D eigenvalue weighted by Crippen LogP contribution is 2.28. The minimum absolute atomic E-state index is 0.648. The summed E-state index contributed by atoms with van der Waals surface area (Å²) in [6.45, 7) is 8.63. The van der Waals surface area contributed by atoms with Gasteiger partial charge in [0.1, 0.15) is 12.4 Å². The first kappa shape index (κ1) is 18.1. The zero-order valence-corrected chi connectivity index (χ0v) is 14.8. The van der Waals surface area contributed by atoms with Crippen LogP contribution in [0.1, 0.15) is 19.4 Å². The molecule has 0 fully saturated rings. The fourth-order valence-corrected chi connectivity index (χ4v) is 2.43. The summed E-state index contributed by atoms with van der Waals surface area (Å²) >= 11 is 0. The summed E-state index contributed by atoms with van der Waals surface area (Å²) in [6.07, 6.45) is 1.78. The largest absolute Gasteiger partial charge is 0.493 e. The van der Waals surface area contributed by atoms with Gasteiger partial charge in [0, 0.05) is 19.3 Å². The predicted molar refractivity (Wildman–Crippen MR) is 97.8 cm³/mol. The first-order chi connectivity index (χ1) is 11.8. The lowest BCUT2D eigenvalue weighted by Crippen LogP contribution is -2.28. The molecule has 0 aliphatic carbocycles. The average molecular weight is 329 g/mol. The lowest BCUT2D eigenvalue weighted by Gasteiger charge is -2.19. The highest BCUT2D eigenvalue weighted by atomic mass is 16.5. The van der Waals surface area contributed by atoms with E-state index in [1.807, 2.05) is 36.4 Å². The smallest absolute Gasteiger partial charge is 0.161 e. The number of ether oxygens (including phenoxy) is 2. The Morgan fingerprint density at radius 2 is 1.92 bits per heavy atom. The van der Waals surface area contributed by atoms with Crippen LogP contribution < -0.4 is 14.8 Å². The van der Waals surface area contributed by atoms with E-state index < -0.39 is 0 Å². The molecule has 0 spiro atoms. The highest BCUT2D eigenvalue weighted by molar-refractivity contribution is 5.44. The normalized spacial score (nSPS) is 10.7. The van der Waals surface area contributed by atoms with Crippen molar-refractivity contribution in [2.45, 2.75) is 20.4 Å². The van der Waals surface area contributed by atoms with E-state index in [1.54, 1.807) is 13.3 Å². The van der Waals surface area contributed by atoms with E-state index in [0.29, 0.717) is 13.2 Å². The van der Waals surface area contributed by atoms with Crippen LogP contribution in [0.25, 0.3) is 0 Å². The van der Waals surface area contributed by atoms with Gasteiger partial charge in [0.2, 0.25) is 0 Å². The van der Waals surface area contributed by atoms with Gasteiger partial charge in [-0.05, 0) is 42.9 Å². The number of pyridine rings is 1. The Hall–Kier alpha value is -2.27. The SMILES string of the molecule is CCN(CC)CCOc1cc(CNc2ccccn2)ccc1OC. The van der Waals surface area contributed by atoms with Gasteiger partial charge in [-0.1, -0.05) is 26.0 Å². The van der Waals surface area contributed by atoms with Crippen LogP contribution in [0, 0.1) is 0 Å². The second kappa shape index (κ2) is 9.78. The molecule has 1 heterocycles. The van der Waals surface area contributed by atoms with Crippen LogP contribution in [-0.4, -0.2) is 43.2 Å². The quantitative estimate of drug-likeness (QED) is 0.724. The third kappa shape index (κ3) is 5.42. The second-order valence-electron chi connectivity index (χ2n) is 5.43. The minimum atomic E-state index is 0.648. The summed E-state index contributed by atoms with van der Waals surface area (Å²) in [7, 11) is 1.67. The zero-order chi connectivity index (χ0) is 17.2. The molecule has 0 aliphatic heterocycles. The molecule has 2 aromatic rings. The number of hydrogen-bond acceptors (Lipinski definition) is 5. The maximum absolute atomic E-state index is 5.94. The van der Waals surface area contributed by atoms with Crippen molar-refractivity contribution in [2.75, 3.05) is 38.7 Å². The van der Waals surface area contributed by atoms with Gasteiger partial charge >= 0.3 is 0 Å². The van der Waals surface area contributed by atoms with Gasteiger partial charge in [-0.2, -0.15) is 0 Å². The summed E-state index contributed by atoms with van der Waals surface area (Å²) in [6, 6.07) is 11.8. The first-order valence-corrected chi connectivity index (χ1v) is 8.43. The molecule has 130 valence electrons. The van der Waals surface area contributed by atoms with Crippen molar-refractivity contribution in [3.8, 4) is 11.5 Å². The molecule has 0 bridgehead atoms. The maximum atomic E-state index is 5.94. The highest BCUT2D eigenvalue weighted by Gasteiger charge is 2.07. The first-order valence-electron chi connectivity index (χ1n) is 8.43. The standard InChI is InChI=1S/C19H27N3O2/c1-4-22(5-2)12-13-24-18-14-16(9-10-17(18)23-3)15-21-19-8-6-7-11-20-19/h6-11,14H,4-5,12-13,15H2,1-3H3,(H,20,21). The van der Waals surface area contributed by atoms with Gasteiger partial charge in [-0.25, -0.2) is 4.98 Å². The van der Waals surface area contributed by atoms with Crippen LogP contribution in [-0.2, 0) is 6.54 Å². The topological polar surface area (TPSA) is 46.6 Å². The molecule has 5 heteroatoms. The van der Waals surface area contributed by atoms with Gasteiger partial charge in [-0.3, -0.25) is 0 Å². The van der Waals surface area contributed by atoms with Crippen LogP contribution in [0.2, 0.25) is 0 Å². The number of anilines is 1. The van der Waals surface area contributed by atoms with Gasteiger partial charge in [0.25, 0.3) is 0 Å². The molecule has 0 amide bonds. The number of hydrogen-bond donors (Lipinski definition) is 1. The van der Waals surface area contributed by atoms with E-state index in [0.717, 1.165) is 42.5 Å². The summed E-state index contributed by atoms with van der Waals surface area (Å²) in [5.74, 6) is 2.40. The van der Waals surface area contributed by atoms with Crippen LogP contribution in [0.4, 0.5) is 5.82 Å². The number of methoxy groups -OCH3 is 1. The van der Waals surface area contributed by atoms with E-state index >= 15 is 0 Å². The molecule has 2 rings (SSSR count). The van der Waals surface area contributed by atoms with E-state index in [1.165, 1.54) is 0 Å². The molecule has 24 heavy (non-hydrogen) atoms. The summed E-state index contributed by atoms with van der Waals surface area (Å²) in [5, 5.41) is 3.30. The van der Waals surface area contributed by atoms with E-state index in [9.17, 15) is 0 Å². The molecular weight excluding hydrogens is 302 g/mol. The van der Waals surface area contributed by atoms with Crippen molar-refractivity contribution in [1.82, 2.24) is 9.88 Å². The Labute approximate surface area is 144 Å². The van der Waals surface area contributed by atoms with E-state index in [2.05, 4.69) is 29.0 Å². The minimum Gasteiger partial charge on any atom is -0.493 e. The maximum Gasteiger partial charge on any atom is 0.161 e. The summed E-state index contributed by atoms with van der Waals surface area (Å²) in [4.78, 5) is 6.60. The lowest BCUT2D eigenvalue weighted by molar-refractivity contribution is 0.217. The molecule has 5 nitrogen and oxygen atoms in total. The van der Waals surface area contributed by atoms with E-state index in [-0.39, 0.29) is 0 Å². The Kier molecular flexibility index (Phi) is 7.36. The number of rotatable bonds is 10. The van der Waals surface area contributed by atoms with Crippen LogP contribution >= 0.6 is 0 Å². The molecule has 0 atom stereocenters. The second-order valence-corrected chi connectivity index (χ2v) is 5.43. The number of nitrogens with one attached hydrogen (secondary N) is 1. The molecular formula is C19H27N3O2. The zero-order valence-electron chi connectivity index (χ0n) is 14.8. The average Bonchev–Trinajstić information content (AvgIpc) is 2.64. The van der Waals surface area contributed by atoms with Crippen molar-refractivity contribution < 1.29 is 9.47 Å². The Balaban J connectivity index is 1.96. The van der Waals surface area contributed by atoms with Gasteiger partial charge in [-0.15, -0.1) is 0 Å². The molecule has 1 aromatic heterocycles. The number of aromatic nitrogens is 1. The third-order valence-electron chi connectivity index (χ3n) is 3.93. The predicted octanol–water partition coefficient (Wildman–Crippen LogP) is 3.42. The Morgan fingerprint density at radius 1 is 1.08 bits per heavy atom. The summed E-state index contributed by atoms with van der Waals surface area (Å²) < 4.78 is 11.3. The van der Waals surface area contributed by atoms with Crippen molar-refractivity contribution in [3.63, 3.8) is 0 Å². The number of benzene rings is 1. The lowest BCUT2D eigenvalue weighted by atomic mass is 10.2. The monoisotopic (exact) mass is 329 g/mol. The van der Waals surface area contributed by atoms with E-state index in [4.69, 9.17) is 9.47 Å². The van der Waals surface area contributed by atoms with Crippen LogP contribution in [0.5, 0.6) is 11.5 Å². The molecule has 0 saturated heterocycles. The molecule has 1 N–H and O–H groups in total. The number of nitrogens with zero attached hydrogens (tertiary/aromatic N) is 2. The third-order valence-corrected chi connectivity index (χ3v) is 3.93. The molecule has 0 unspecified atom stereocenters. The fraction of sp³-hybridized carbons (Fsp3) is 0.421. The van der Waals surface area contributed by atoms with Crippen molar-refractivity contribution >= 4 is 5.82 Å². The van der Waals surface area contributed by atoms with Crippen molar-refractivity contribution in [2.24, 2.45) is 0 Å². The van der Waals surface area contributed by atoms with Gasteiger partial charge in [0.15, 0.2) is 11.5 Å². The van der Waals surface area contributed by atoms with Crippen LogP contribution in [0.3, 0.4) is 0 Å². The fourth-order valence-electron chi connectivity index (χ4n) is 2.43. The number of likely N-dealkylation sites (N-methyl/N-ethyl adjacent to an activating group) is 1. The van der Waals surface area contributed by atoms with Gasteiger partial charge in [0.05, 0.1) is 7.11 Å². The molecule has 1 aromatic carbocycles.